The van der Waals surface area contributed by atoms with Gasteiger partial charge in [0.1, 0.15) is 5.01 Å². The van der Waals surface area contributed by atoms with Crippen molar-refractivity contribution in [2.45, 2.75) is 13.8 Å². The maximum absolute atomic E-state index is 12.0. The van der Waals surface area contributed by atoms with E-state index >= 15 is 0 Å². The Labute approximate surface area is 133 Å². The lowest BCUT2D eigenvalue weighted by atomic mass is 10.1. The SMILES string of the molecule is Cc1ccc(C)c(NC(=O)/C=C/c2nc3ccccc3s2)c1. The standard InChI is InChI=1S/C18H16N2OS/c1-12-7-8-13(2)15(11-12)19-17(21)9-10-18-20-14-5-3-4-6-16(14)22-18/h3-11H,1-2H3,(H,19,21)/b10-9+. The number of thiazole rings is 1. The van der Waals surface area contributed by atoms with Crippen molar-refractivity contribution in [1.29, 1.82) is 0 Å². The van der Waals surface area contributed by atoms with Gasteiger partial charge < -0.3 is 5.32 Å². The molecule has 0 spiro atoms. The van der Waals surface area contributed by atoms with Crippen LogP contribution in [0.5, 0.6) is 0 Å². The Morgan fingerprint density at radius 3 is 2.82 bits per heavy atom. The summed E-state index contributed by atoms with van der Waals surface area (Å²) in [6.45, 7) is 3.98. The molecule has 110 valence electrons. The van der Waals surface area contributed by atoms with E-state index in [1.54, 1.807) is 17.4 Å². The largest absolute Gasteiger partial charge is 0.322 e. The van der Waals surface area contributed by atoms with Gasteiger partial charge in [-0.05, 0) is 49.2 Å². The lowest BCUT2D eigenvalue weighted by molar-refractivity contribution is -0.111. The van der Waals surface area contributed by atoms with Crippen molar-refractivity contribution in [3.63, 3.8) is 0 Å². The lowest BCUT2D eigenvalue weighted by Crippen LogP contribution is -2.09. The minimum absolute atomic E-state index is 0.145. The first-order chi connectivity index (χ1) is 10.6. The molecule has 0 aliphatic rings. The molecule has 0 aliphatic carbocycles. The van der Waals surface area contributed by atoms with E-state index in [0.717, 1.165) is 32.0 Å². The van der Waals surface area contributed by atoms with Crippen LogP contribution in [-0.2, 0) is 4.79 Å². The van der Waals surface area contributed by atoms with Crippen molar-refractivity contribution >= 4 is 39.2 Å². The molecule has 0 atom stereocenters. The number of aromatic nitrogens is 1. The summed E-state index contributed by atoms with van der Waals surface area (Å²) in [5, 5.41) is 3.74. The zero-order chi connectivity index (χ0) is 15.5. The van der Waals surface area contributed by atoms with Crippen molar-refractivity contribution in [3.05, 3.63) is 64.7 Å². The van der Waals surface area contributed by atoms with E-state index in [0.29, 0.717) is 0 Å². The highest BCUT2D eigenvalue weighted by Gasteiger charge is 2.03. The van der Waals surface area contributed by atoms with Crippen molar-refractivity contribution < 1.29 is 4.79 Å². The second-order valence-electron chi connectivity index (χ2n) is 5.16. The molecule has 1 aromatic heterocycles. The first-order valence-electron chi connectivity index (χ1n) is 7.04. The van der Waals surface area contributed by atoms with Crippen LogP contribution in [0.15, 0.2) is 48.5 Å². The number of fused-ring (bicyclic) bond motifs is 1. The predicted molar refractivity (Wildman–Crippen MR) is 93.2 cm³/mol. The highest BCUT2D eigenvalue weighted by atomic mass is 32.1. The number of aryl methyl sites for hydroxylation is 2. The smallest absolute Gasteiger partial charge is 0.248 e. The molecule has 1 amide bonds. The van der Waals surface area contributed by atoms with Gasteiger partial charge in [-0.15, -0.1) is 11.3 Å². The third-order valence-electron chi connectivity index (χ3n) is 3.34. The molecular weight excluding hydrogens is 292 g/mol. The molecule has 0 bridgehead atoms. The number of benzene rings is 2. The van der Waals surface area contributed by atoms with Crippen molar-refractivity contribution in [1.82, 2.24) is 4.98 Å². The van der Waals surface area contributed by atoms with Gasteiger partial charge in [-0.3, -0.25) is 4.79 Å². The molecule has 1 N–H and O–H groups in total. The van der Waals surface area contributed by atoms with Gasteiger partial charge in [-0.25, -0.2) is 4.98 Å². The topological polar surface area (TPSA) is 42.0 Å². The number of nitrogens with one attached hydrogen (secondary N) is 1. The molecule has 3 rings (SSSR count). The molecule has 2 aromatic carbocycles. The number of hydrogen-bond donors (Lipinski definition) is 1. The van der Waals surface area contributed by atoms with Gasteiger partial charge in [-0.2, -0.15) is 0 Å². The molecule has 0 fully saturated rings. The number of rotatable bonds is 3. The Morgan fingerprint density at radius 1 is 1.18 bits per heavy atom. The fourth-order valence-electron chi connectivity index (χ4n) is 2.15. The molecule has 3 aromatic rings. The van der Waals surface area contributed by atoms with Gasteiger partial charge in [0.15, 0.2) is 0 Å². The second-order valence-corrected chi connectivity index (χ2v) is 6.22. The zero-order valence-electron chi connectivity index (χ0n) is 12.5. The molecule has 3 nitrogen and oxygen atoms in total. The molecule has 1 heterocycles. The maximum atomic E-state index is 12.0. The van der Waals surface area contributed by atoms with Gasteiger partial charge in [-0.1, -0.05) is 24.3 Å². The summed E-state index contributed by atoms with van der Waals surface area (Å²) in [5.74, 6) is -0.145. The van der Waals surface area contributed by atoms with Crippen molar-refractivity contribution in [2.24, 2.45) is 0 Å². The Kier molecular flexibility index (Phi) is 4.02. The van der Waals surface area contributed by atoms with E-state index in [2.05, 4.69) is 10.3 Å². The minimum atomic E-state index is -0.145. The van der Waals surface area contributed by atoms with Gasteiger partial charge in [0.25, 0.3) is 0 Å². The van der Waals surface area contributed by atoms with Crippen LogP contribution in [0.2, 0.25) is 0 Å². The summed E-state index contributed by atoms with van der Waals surface area (Å²) >= 11 is 1.57. The highest BCUT2D eigenvalue weighted by molar-refractivity contribution is 7.19. The van der Waals surface area contributed by atoms with E-state index in [-0.39, 0.29) is 5.91 Å². The molecule has 0 saturated carbocycles. The molecule has 4 heteroatoms. The number of carbonyl (C=O) groups is 1. The summed E-state index contributed by atoms with van der Waals surface area (Å²) in [5.41, 5.74) is 3.98. The molecular formula is C18H16N2OS. The van der Waals surface area contributed by atoms with E-state index in [1.807, 2.05) is 56.3 Å². The van der Waals surface area contributed by atoms with Crippen LogP contribution in [0, 0.1) is 13.8 Å². The van der Waals surface area contributed by atoms with Gasteiger partial charge >= 0.3 is 0 Å². The third kappa shape index (κ3) is 3.23. The van der Waals surface area contributed by atoms with Gasteiger partial charge in [0.2, 0.25) is 5.91 Å². The van der Waals surface area contributed by atoms with Crippen LogP contribution in [0.1, 0.15) is 16.1 Å². The van der Waals surface area contributed by atoms with E-state index in [4.69, 9.17) is 0 Å². The number of nitrogens with zero attached hydrogens (tertiary/aromatic N) is 1. The molecule has 0 aliphatic heterocycles. The van der Waals surface area contributed by atoms with Crippen LogP contribution in [0.4, 0.5) is 5.69 Å². The normalized spacial score (nSPS) is 11.2. The highest BCUT2D eigenvalue weighted by Crippen LogP contribution is 2.22. The van der Waals surface area contributed by atoms with Gasteiger partial charge in [0, 0.05) is 11.8 Å². The second kappa shape index (κ2) is 6.12. The number of amides is 1. The molecule has 0 unspecified atom stereocenters. The van der Waals surface area contributed by atoms with Crippen LogP contribution < -0.4 is 5.32 Å². The monoisotopic (exact) mass is 308 g/mol. The van der Waals surface area contributed by atoms with E-state index in [9.17, 15) is 4.79 Å². The third-order valence-corrected chi connectivity index (χ3v) is 4.34. The lowest BCUT2D eigenvalue weighted by Gasteiger charge is -2.07. The van der Waals surface area contributed by atoms with Crippen molar-refractivity contribution in [2.75, 3.05) is 5.32 Å². The summed E-state index contributed by atoms with van der Waals surface area (Å²) in [6.07, 6.45) is 3.28. The first-order valence-corrected chi connectivity index (χ1v) is 7.85. The summed E-state index contributed by atoms with van der Waals surface area (Å²) in [6, 6.07) is 14.0. The number of para-hydroxylation sites is 1. The zero-order valence-corrected chi connectivity index (χ0v) is 13.3. The fourth-order valence-corrected chi connectivity index (χ4v) is 3.02. The average molecular weight is 308 g/mol. The quantitative estimate of drug-likeness (QED) is 0.720. The van der Waals surface area contributed by atoms with Crippen LogP contribution in [-0.4, -0.2) is 10.9 Å². The summed E-state index contributed by atoms with van der Waals surface area (Å²) in [7, 11) is 0. The van der Waals surface area contributed by atoms with Crippen molar-refractivity contribution in [3.8, 4) is 0 Å². The Bertz CT molecular complexity index is 831. The molecule has 22 heavy (non-hydrogen) atoms. The van der Waals surface area contributed by atoms with E-state index in [1.165, 1.54) is 6.08 Å². The first kappa shape index (κ1) is 14.5. The van der Waals surface area contributed by atoms with Crippen LogP contribution in [0.25, 0.3) is 16.3 Å². The maximum Gasteiger partial charge on any atom is 0.248 e. The van der Waals surface area contributed by atoms with Gasteiger partial charge in [0.05, 0.1) is 10.2 Å². The Morgan fingerprint density at radius 2 is 2.00 bits per heavy atom. The summed E-state index contributed by atoms with van der Waals surface area (Å²) in [4.78, 5) is 16.5. The number of hydrogen-bond acceptors (Lipinski definition) is 3. The summed E-state index contributed by atoms with van der Waals surface area (Å²) < 4.78 is 1.12. The molecule has 0 radical (unpaired) electrons. The number of carbonyl (C=O) groups excluding carboxylic acids is 1. The van der Waals surface area contributed by atoms with Crippen LogP contribution in [0.3, 0.4) is 0 Å². The van der Waals surface area contributed by atoms with E-state index < -0.39 is 0 Å². The predicted octanol–water partition coefficient (Wildman–Crippen LogP) is 4.57. The van der Waals surface area contributed by atoms with Crippen LogP contribution >= 0.6 is 11.3 Å². The fraction of sp³-hybridized carbons (Fsp3) is 0.111. The number of anilines is 1. The minimum Gasteiger partial charge on any atom is -0.322 e. The Balaban J connectivity index is 1.74. The molecule has 0 saturated heterocycles. The average Bonchev–Trinajstić information content (AvgIpc) is 2.92. The Hall–Kier alpha value is -2.46.